The molecule has 2 aromatic carbocycles. The molecule has 7 heteroatoms. The van der Waals surface area contributed by atoms with Gasteiger partial charge in [0.1, 0.15) is 11.6 Å². The first-order valence-electron chi connectivity index (χ1n) is 9.26. The Labute approximate surface area is 162 Å². The average molecular weight is 387 g/mol. The summed E-state index contributed by atoms with van der Waals surface area (Å²) in [5.41, 5.74) is 1.87. The zero-order valence-electron chi connectivity index (χ0n) is 15.8. The Morgan fingerprint density at radius 3 is 2.54 bits per heavy atom. The number of rotatable bonds is 6. The highest BCUT2D eigenvalue weighted by atomic mass is 19.1. The van der Waals surface area contributed by atoms with E-state index < -0.39 is 17.5 Å². The van der Waals surface area contributed by atoms with Crippen molar-refractivity contribution >= 4 is 17.5 Å². The molecule has 2 amide bonds. The van der Waals surface area contributed by atoms with Crippen molar-refractivity contribution in [2.75, 3.05) is 31.6 Å². The van der Waals surface area contributed by atoms with Crippen LogP contribution in [0.5, 0.6) is 0 Å². The number of carbonyl (C=O) groups is 2. The number of anilines is 1. The molecule has 2 aromatic rings. The first kappa shape index (κ1) is 19.8. The van der Waals surface area contributed by atoms with Crippen LogP contribution >= 0.6 is 0 Å². The molecule has 1 aliphatic rings. The van der Waals surface area contributed by atoms with E-state index >= 15 is 0 Å². The van der Waals surface area contributed by atoms with Gasteiger partial charge in [-0.25, -0.2) is 8.78 Å². The van der Waals surface area contributed by atoms with Gasteiger partial charge in [0.25, 0.3) is 5.91 Å². The van der Waals surface area contributed by atoms with Crippen molar-refractivity contribution in [1.29, 1.82) is 0 Å². The van der Waals surface area contributed by atoms with E-state index in [2.05, 4.69) is 16.3 Å². The third kappa shape index (κ3) is 4.65. The van der Waals surface area contributed by atoms with Gasteiger partial charge in [0.2, 0.25) is 5.91 Å². The molecule has 0 spiro atoms. The van der Waals surface area contributed by atoms with Crippen LogP contribution < -0.4 is 10.2 Å². The summed E-state index contributed by atoms with van der Waals surface area (Å²) in [7, 11) is 1.66. The van der Waals surface area contributed by atoms with Crippen molar-refractivity contribution in [1.82, 2.24) is 10.2 Å². The normalized spacial score (nSPS) is 13.5. The smallest absolute Gasteiger partial charge is 0.254 e. The molecule has 0 unspecified atom stereocenters. The van der Waals surface area contributed by atoms with Crippen LogP contribution in [0.3, 0.4) is 0 Å². The van der Waals surface area contributed by atoms with Crippen LogP contribution in [0.1, 0.15) is 28.8 Å². The van der Waals surface area contributed by atoms with E-state index in [1.165, 1.54) is 4.90 Å². The van der Waals surface area contributed by atoms with E-state index in [1.807, 2.05) is 18.2 Å². The van der Waals surface area contributed by atoms with E-state index in [4.69, 9.17) is 0 Å². The molecule has 1 heterocycles. The molecule has 28 heavy (non-hydrogen) atoms. The number of benzene rings is 2. The van der Waals surface area contributed by atoms with Gasteiger partial charge in [-0.15, -0.1) is 0 Å². The van der Waals surface area contributed by atoms with E-state index in [0.717, 1.165) is 49.3 Å². The fourth-order valence-corrected chi connectivity index (χ4v) is 3.31. The van der Waals surface area contributed by atoms with Crippen LogP contribution in [0.2, 0.25) is 0 Å². The fourth-order valence-electron chi connectivity index (χ4n) is 3.31. The van der Waals surface area contributed by atoms with E-state index in [9.17, 15) is 18.4 Å². The van der Waals surface area contributed by atoms with Gasteiger partial charge >= 0.3 is 0 Å². The quantitative estimate of drug-likeness (QED) is 0.829. The van der Waals surface area contributed by atoms with E-state index in [0.29, 0.717) is 12.6 Å². The summed E-state index contributed by atoms with van der Waals surface area (Å²) in [5.74, 6) is -2.77. The van der Waals surface area contributed by atoms with Crippen LogP contribution in [-0.2, 0) is 11.3 Å². The predicted molar refractivity (Wildman–Crippen MR) is 103 cm³/mol. The van der Waals surface area contributed by atoms with Crippen molar-refractivity contribution in [3.63, 3.8) is 0 Å². The first-order valence-corrected chi connectivity index (χ1v) is 9.26. The second-order valence-corrected chi connectivity index (χ2v) is 6.88. The standard InChI is InChI=1S/C21H23F2N3O2/c1-25(14-15-6-2-3-7-19(15)26-10-4-5-11-26)20(27)13-24-21(28)17-9-8-16(22)12-18(17)23/h2-3,6-9,12H,4-5,10-11,13-14H2,1H3,(H,24,28). The summed E-state index contributed by atoms with van der Waals surface area (Å²) >= 11 is 0. The number of hydrogen-bond acceptors (Lipinski definition) is 3. The first-order chi connectivity index (χ1) is 13.5. The summed E-state index contributed by atoms with van der Waals surface area (Å²) in [6.07, 6.45) is 2.32. The Morgan fingerprint density at radius 1 is 1.11 bits per heavy atom. The minimum atomic E-state index is -0.960. The van der Waals surface area contributed by atoms with Crippen LogP contribution in [0.25, 0.3) is 0 Å². The Kier molecular flexibility index (Phi) is 6.23. The molecule has 1 fully saturated rings. The van der Waals surface area contributed by atoms with Gasteiger partial charge in [0, 0.05) is 38.4 Å². The monoisotopic (exact) mass is 387 g/mol. The minimum absolute atomic E-state index is 0.266. The average Bonchev–Trinajstić information content (AvgIpc) is 3.20. The van der Waals surface area contributed by atoms with Crippen LogP contribution in [0.4, 0.5) is 14.5 Å². The molecular formula is C21H23F2N3O2. The van der Waals surface area contributed by atoms with E-state index in [-0.39, 0.29) is 18.0 Å². The molecule has 0 bridgehead atoms. The van der Waals surface area contributed by atoms with Gasteiger partial charge in [-0.1, -0.05) is 18.2 Å². The molecular weight excluding hydrogens is 364 g/mol. The zero-order chi connectivity index (χ0) is 20.1. The van der Waals surface area contributed by atoms with Crippen LogP contribution in [0, 0.1) is 11.6 Å². The van der Waals surface area contributed by atoms with Gasteiger partial charge in [-0.3, -0.25) is 9.59 Å². The highest BCUT2D eigenvalue weighted by Gasteiger charge is 2.19. The van der Waals surface area contributed by atoms with Gasteiger partial charge in [0.05, 0.1) is 12.1 Å². The number of halogens is 2. The number of hydrogen-bond donors (Lipinski definition) is 1. The maximum atomic E-state index is 13.7. The zero-order valence-corrected chi connectivity index (χ0v) is 15.8. The molecule has 0 aliphatic carbocycles. The lowest BCUT2D eigenvalue weighted by Gasteiger charge is -2.24. The molecule has 0 radical (unpaired) electrons. The molecule has 1 saturated heterocycles. The van der Waals surface area contributed by atoms with Crippen LogP contribution in [-0.4, -0.2) is 43.4 Å². The summed E-state index contributed by atoms with van der Waals surface area (Å²) in [6, 6.07) is 10.7. The Hall–Kier alpha value is -2.96. The van der Waals surface area contributed by atoms with Gasteiger partial charge < -0.3 is 15.1 Å². The lowest BCUT2D eigenvalue weighted by molar-refractivity contribution is -0.129. The SMILES string of the molecule is CN(Cc1ccccc1N1CCCC1)C(=O)CNC(=O)c1ccc(F)cc1F. The molecule has 0 atom stereocenters. The topological polar surface area (TPSA) is 52.6 Å². The number of amides is 2. The summed E-state index contributed by atoms with van der Waals surface area (Å²) in [5, 5.41) is 2.39. The van der Waals surface area contributed by atoms with Crippen molar-refractivity contribution in [3.8, 4) is 0 Å². The number of para-hydroxylation sites is 1. The van der Waals surface area contributed by atoms with Gasteiger partial charge in [-0.2, -0.15) is 0 Å². The predicted octanol–water partition coefficient (Wildman–Crippen LogP) is 2.95. The molecule has 5 nitrogen and oxygen atoms in total. The lowest BCUT2D eigenvalue weighted by Crippen LogP contribution is -2.38. The maximum absolute atomic E-state index is 13.7. The van der Waals surface area contributed by atoms with Crippen molar-refractivity contribution in [3.05, 3.63) is 65.2 Å². The summed E-state index contributed by atoms with van der Waals surface area (Å²) in [4.78, 5) is 28.3. The molecule has 0 saturated carbocycles. The number of nitrogens with zero attached hydrogens (tertiary/aromatic N) is 2. The third-order valence-corrected chi connectivity index (χ3v) is 4.85. The van der Waals surface area contributed by atoms with Gasteiger partial charge in [0.15, 0.2) is 0 Å². The van der Waals surface area contributed by atoms with E-state index in [1.54, 1.807) is 7.05 Å². The number of likely N-dealkylation sites (N-methyl/N-ethyl adjacent to an activating group) is 1. The molecule has 1 N–H and O–H groups in total. The summed E-state index contributed by atoms with van der Waals surface area (Å²) < 4.78 is 26.6. The third-order valence-electron chi connectivity index (χ3n) is 4.85. The highest BCUT2D eigenvalue weighted by molar-refractivity contribution is 5.96. The van der Waals surface area contributed by atoms with Crippen molar-refractivity contribution in [2.45, 2.75) is 19.4 Å². The Morgan fingerprint density at radius 2 is 1.82 bits per heavy atom. The number of nitrogens with one attached hydrogen (secondary N) is 1. The van der Waals surface area contributed by atoms with Gasteiger partial charge in [-0.05, 0) is 36.6 Å². The Bertz CT molecular complexity index is 866. The molecule has 0 aromatic heterocycles. The molecule has 1 aliphatic heterocycles. The maximum Gasteiger partial charge on any atom is 0.254 e. The second-order valence-electron chi connectivity index (χ2n) is 6.88. The largest absolute Gasteiger partial charge is 0.371 e. The van der Waals surface area contributed by atoms with Crippen LogP contribution in [0.15, 0.2) is 42.5 Å². The van der Waals surface area contributed by atoms with Crippen molar-refractivity contribution < 1.29 is 18.4 Å². The highest BCUT2D eigenvalue weighted by Crippen LogP contribution is 2.25. The molecule has 148 valence electrons. The fraction of sp³-hybridized carbons (Fsp3) is 0.333. The van der Waals surface area contributed by atoms with Crippen molar-refractivity contribution in [2.24, 2.45) is 0 Å². The second kappa shape index (κ2) is 8.82. The number of carbonyl (C=O) groups excluding carboxylic acids is 2. The molecule has 3 rings (SSSR count). The minimum Gasteiger partial charge on any atom is -0.371 e. The Balaban J connectivity index is 1.59. The lowest BCUT2D eigenvalue weighted by atomic mass is 10.1. The summed E-state index contributed by atoms with van der Waals surface area (Å²) in [6.45, 7) is 2.16.